The summed E-state index contributed by atoms with van der Waals surface area (Å²) in [7, 11) is 1.62. The molecular weight excluding hydrogens is 357 g/mol. The number of nitrogens with one attached hydrogen (secondary N) is 1. The lowest BCUT2D eigenvalue weighted by molar-refractivity contribution is 0.193. The highest BCUT2D eigenvalue weighted by Gasteiger charge is 2.23. The number of benzene rings is 2. The average Bonchev–Trinajstić information content (AvgIpc) is 2.67. The van der Waals surface area contributed by atoms with Gasteiger partial charge in [0, 0.05) is 43.3 Å². The Kier molecular flexibility index (Phi) is 5.83. The van der Waals surface area contributed by atoms with Gasteiger partial charge in [0.15, 0.2) is 0 Å². The van der Waals surface area contributed by atoms with Crippen LogP contribution in [0.4, 0.5) is 14.9 Å². The smallest absolute Gasteiger partial charge is 0.317 e. The van der Waals surface area contributed by atoms with Gasteiger partial charge >= 0.3 is 6.03 Å². The highest BCUT2D eigenvalue weighted by atomic mass is 35.5. The molecule has 2 aromatic rings. The van der Waals surface area contributed by atoms with Gasteiger partial charge < -0.3 is 19.9 Å². The largest absolute Gasteiger partial charge is 0.495 e. The molecule has 1 N–H and O–H groups in total. The lowest BCUT2D eigenvalue weighted by atomic mass is 10.2. The first-order chi connectivity index (χ1) is 12.6. The van der Waals surface area contributed by atoms with Crippen LogP contribution < -0.4 is 15.0 Å². The van der Waals surface area contributed by atoms with E-state index in [4.69, 9.17) is 16.3 Å². The summed E-state index contributed by atoms with van der Waals surface area (Å²) in [5.74, 6) is 0.442. The molecule has 1 heterocycles. The molecule has 0 bridgehead atoms. The molecule has 2 aromatic carbocycles. The molecule has 2 amide bonds. The number of halogens is 2. The number of carbonyl (C=O) groups excluding carboxylic acids is 1. The standard InChI is InChI=1S/C19H21ClFN3O2/c1-26-18-7-6-15(20)12-17(18)23-8-10-24(11-9-23)19(25)22-13-14-4-2-3-5-16(14)21/h2-7,12H,8-11,13H2,1H3,(H,22,25). The van der Waals surface area contributed by atoms with Crippen LogP contribution in [0.3, 0.4) is 0 Å². The Morgan fingerprint density at radius 2 is 1.92 bits per heavy atom. The number of piperazine rings is 1. The minimum absolute atomic E-state index is 0.174. The first-order valence-corrected chi connectivity index (χ1v) is 8.81. The van der Waals surface area contributed by atoms with Crippen LogP contribution in [0.1, 0.15) is 5.56 Å². The summed E-state index contributed by atoms with van der Waals surface area (Å²) in [6, 6.07) is 11.7. The molecule has 1 aliphatic heterocycles. The molecule has 0 aliphatic carbocycles. The third-order valence-corrected chi connectivity index (χ3v) is 4.67. The van der Waals surface area contributed by atoms with Crippen LogP contribution in [-0.4, -0.2) is 44.2 Å². The molecule has 1 aliphatic rings. The zero-order valence-electron chi connectivity index (χ0n) is 14.5. The van der Waals surface area contributed by atoms with E-state index < -0.39 is 0 Å². The second-order valence-electron chi connectivity index (χ2n) is 6.04. The Bertz CT molecular complexity index is 779. The summed E-state index contributed by atoms with van der Waals surface area (Å²) < 4.78 is 19.0. The molecular formula is C19H21ClFN3O2. The van der Waals surface area contributed by atoms with E-state index in [9.17, 15) is 9.18 Å². The molecule has 138 valence electrons. The van der Waals surface area contributed by atoms with Gasteiger partial charge in [-0.15, -0.1) is 0 Å². The summed E-state index contributed by atoms with van der Waals surface area (Å²) in [5, 5.41) is 3.42. The number of rotatable bonds is 4. The number of nitrogens with zero attached hydrogens (tertiary/aromatic N) is 2. The molecule has 26 heavy (non-hydrogen) atoms. The van der Waals surface area contributed by atoms with Crippen molar-refractivity contribution in [3.05, 3.63) is 58.9 Å². The fourth-order valence-electron chi connectivity index (χ4n) is 2.99. The maximum Gasteiger partial charge on any atom is 0.317 e. The number of amides is 2. The Morgan fingerprint density at radius 1 is 1.19 bits per heavy atom. The van der Waals surface area contributed by atoms with Gasteiger partial charge in [0.1, 0.15) is 11.6 Å². The highest BCUT2D eigenvalue weighted by Crippen LogP contribution is 2.31. The van der Waals surface area contributed by atoms with Gasteiger partial charge in [0.2, 0.25) is 0 Å². The van der Waals surface area contributed by atoms with Crippen molar-refractivity contribution in [1.82, 2.24) is 10.2 Å². The minimum Gasteiger partial charge on any atom is -0.495 e. The first-order valence-electron chi connectivity index (χ1n) is 8.43. The Balaban J connectivity index is 1.56. The van der Waals surface area contributed by atoms with Gasteiger partial charge in [-0.2, -0.15) is 0 Å². The maximum absolute atomic E-state index is 13.6. The lowest BCUT2D eigenvalue weighted by Crippen LogP contribution is -2.51. The quantitative estimate of drug-likeness (QED) is 0.886. The van der Waals surface area contributed by atoms with E-state index in [-0.39, 0.29) is 18.4 Å². The fourth-order valence-corrected chi connectivity index (χ4v) is 3.15. The van der Waals surface area contributed by atoms with E-state index in [1.165, 1.54) is 6.07 Å². The van der Waals surface area contributed by atoms with E-state index in [1.807, 2.05) is 12.1 Å². The number of anilines is 1. The summed E-state index contributed by atoms with van der Waals surface area (Å²) in [6.07, 6.45) is 0. The zero-order chi connectivity index (χ0) is 18.5. The maximum atomic E-state index is 13.6. The van der Waals surface area contributed by atoms with Crippen molar-refractivity contribution in [2.24, 2.45) is 0 Å². The minimum atomic E-state index is -0.314. The van der Waals surface area contributed by atoms with Crippen LogP contribution >= 0.6 is 11.6 Å². The Morgan fingerprint density at radius 3 is 2.62 bits per heavy atom. The molecule has 7 heteroatoms. The Hall–Kier alpha value is -2.47. The second-order valence-corrected chi connectivity index (χ2v) is 6.48. The molecule has 3 rings (SSSR count). The number of methoxy groups -OCH3 is 1. The van der Waals surface area contributed by atoms with Crippen molar-refractivity contribution >= 4 is 23.3 Å². The molecule has 1 fully saturated rings. The van der Waals surface area contributed by atoms with Crippen LogP contribution in [0.25, 0.3) is 0 Å². The van der Waals surface area contributed by atoms with Crippen molar-refractivity contribution in [3.63, 3.8) is 0 Å². The van der Waals surface area contributed by atoms with E-state index in [1.54, 1.807) is 36.3 Å². The second kappa shape index (κ2) is 8.27. The van der Waals surface area contributed by atoms with Crippen LogP contribution in [0.15, 0.2) is 42.5 Å². The van der Waals surface area contributed by atoms with Crippen molar-refractivity contribution in [3.8, 4) is 5.75 Å². The third-order valence-electron chi connectivity index (χ3n) is 4.44. The van der Waals surface area contributed by atoms with Crippen molar-refractivity contribution in [2.75, 3.05) is 38.2 Å². The topological polar surface area (TPSA) is 44.8 Å². The molecule has 0 radical (unpaired) electrons. The van der Waals surface area contributed by atoms with Crippen molar-refractivity contribution < 1.29 is 13.9 Å². The number of hydrogen-bond acceptors (Lipinski definition) is 3. The van der Waals surface area contributed by atoms with Crippen LogP contribution in [-0.2, 0) is 6.54 Å². The van der Waals surface area contributed by atoms with Gasteiger partial charge in [0.05, 0.1) is 12.8 Å². The number of carbonyl (C=O) groups is 1. The van der Waals surface area contributed by atoms with E-state index in [0.29, 0.717) is 36.8 Å². The molecule has 0 unspecified atom stereocenters. The van der Waals surface area contributed by atoms with Gasteiger partial charge in [-0.1, -0.05) is 29.8 Å². The molecule has 5 nitrogen and oxygen atoms in total. The van der Waals surface area contributed by atoms with Gasteiger partial charge in [-0.25, -0.2) is 9.18 Å². The summed E-state index contributed by atoms with van der Waals surface area (Å²) in [4.78, 5) is 16.2. The summed E-state index contributed by atoms with van der Waals surface area (Å²) in [6.45, 7) is 2.65. The monoisotopic (exact) mass is 377 g/mol. The SMILES string of the molecule is COc1ccc(Cl)cc1N1CCN(C(=O)NCc2ccccc2F)CC1. The molecule has 0 spiro atoms. The molecule has 0 aromatic heterocycles. The first kappa shape index (κ1) is 18.3. The molecule has 0 saturated carbocycles. The lowest BCUT2D eigenvalue weighted by Gasteiger charge is -2.36. The fraction of sp³-hybridized carbons (Fsp3) is 0.316. The van der Waals surface area contributed by atoms with Gasteiger partial charge in [-0.05, 0) is 24.3 Å². The van der Waals surface area contributed by atoms with Gasteiger partial charge in [-0.3, -0.25) is 0 Å². The van der Waals surface area contributed by atoms with E-state index in [2.05, 4.69) is 10.2 Å². The van der Waals surface area contributed by atoms with Gasteiger partial charge in [0.25, 0.3) is 0 Å². The molecule has 0 atom stereocenters. The predicted molar refractivity (Wildman–Crippen MR) is 100 cm³/mol. The Labute approximate surface area is 157 Å². The summed E-state index contributed by atoms with van der Waals surface area (Å²) >= 11 is 6.10. The third kappa shape index (κ3) is 4.19. The van der Waals surface area contributed by atoms with Crippen molar-refractivity contribution in [2.45, 2.75) is 6.54 Å². The predicted octanol–water partition coefficient (Wildman–Crippen LogP) is 3.52. The van der Waals surface area contributed by atoms with Crippen LogP contribution in [0.2, 0.25) is 5.02 Å². The van der Waals surface area contributed by atoms with Crippen molar-refractivity contribution in [1.29, 1.82) is 0 Å². The van der Waals surface area contributed by atoms with E-state index in [0.717, 1.165) is 11.4 Å². The number of urea groups is 1. The van der Waals surface area contributed by atoms with Crippen LogP contribution in [0.5, 0.6) is 5.75 Å². The number of ether oxygens (including phenoxy) is 1. The number of hydrogen-bond donors (Lipinski definition) is 1. The van der Waals surface area contributed by atoms with Crippen LogP contribution in [0, 0.1) is 5.82 Å². The zero-order valence-corrected chi connectivity index (χ0v) is 15.3. The molecule has 1 saturated heterocycles. The normalized spacial score (nSPS) is 14.3. The highest BCUT2D eigenvalue weighted by molar-refractivity contribution is 6.30. The van der Waals surface area contributed by atoms with E-state index >= 15 is 0 Å². The average molecular weight is 378 g/mol. The summed E-state index contributed by atoms with van der Waals surface area (Å²) in [5.41, 5.74) is 1.40.